The molecule has 3 fully saturated rings. The van der Waals surface area contributed by atoms with Gasteiger partial charge >= 0.3 is 11.9 Å². The van der Waals surface area contributed by atoms with Gasteiger partial charge in [-0.05, 0) is 72.6 Å². The monoisotopic (exact) mass is 486 g/mol. The fraction of sp³-hybridized carbons (Fsp3) is 0.920. The topological polar surface area (TPSA) is 77.5 Å². The maximum atomic E-state index is 14.4. The third-order valence-electron chi connectivity index (χ3n) is 7.07. The molecule has 0 aromatic rings. The standard InChI is InChI=1S/C25H43FN2O6/c1-6-32-22(29)18-9-11-20(12-10-18)33-25(27-14-7-8-15-27,23(30)34-24(2,3)4)28-16-13-19(17-28)21(26)31-5/h18-21H,6-17H2,1-5H3/t18?,19-,20?,21?,25?/m0/s1. The summed E-state index contributed by atoms with van der Waals surface area (Å²) in [5, 5.41) is 0. The van der Waals surface area contributed by atoms with Gasteiger partial charge < -0.3 is 18.9 Å². The van der Waals surface area contributed by atoms with E-state index in [1.54, 1.807) is 0 Å². The summed E-state index contributed by atoms with van der Waals surface area (Å²) < 4.78 is 37.3. The third-order valence-corrected chi connectivity index (χ3v) is 7.07. The molecule has 0 radical (unpaired) electrons. The number of rotatable bonds is 9. The van der Waals surface area contributed by atoms with Crippen LogP contribution in [0.3, 0.4) is 0 Å². The van der Waals surface area contributed by atoms with E-state index in [0.29, 0.717) is 64.9 Å². The minimum absolute atomic E-state index is 0.132. The summed E-state index contributed by atoms with van der Waals surface area (Å²) >= 11 is 0. The highest BCUT2D eigenvalue weighted by Gasteiger charge is 2.57. The lowest BCUT2D eigenvalue weighted by Crippen LogP contribution is -2.68. The molecule has 0 amide bonds. The molecule has 0 N–H and O–H groups in total. The van der Waals surface area contributed by atoms with E-state index in [2.05, 4.69) is 4.90 Å². The van der Waals surface area contributed by atoms with Gasteiger partial charge in [0.15, 0.2) is 0 Å². The van der Waals surface area contributed by atoms with Crippen molar-refractivity contribution >= 4 is 11.9 Å². The molecule has 3 aliphatic rings. The van der Waals surface area contributed by atoms with Crippen LogP contribution in [0.1, 0.15) is 72.6 Å². The van der Waals surface area contributed by atoms with E-state index < -0.39 is 23.8 Å². The first-order valence-electron chi connectivity index (χ1n) is 12.9. The Bertz CT molecular complexity index is 687. The Kier molecular flexibility index (Phi) is 9.34. The zero-order valence-electron chi connectivity index (χ0n) is 21.5. The second-order valence-electron chi connectivity index (χ2n) is 10.7. The van der Waals surface area contributed by atoms with Crippen molar-refractivity contribution in [2.24, 2.45) is 11.8 Å². The highest BCUT2D eigenvalue weighted by molar-refractivity contribution is 5.79. The molecule has 2 saturated heterocycles. The molecule has 9 heteroatoms. The molecule has 2 unspecified atom stereocenters. The molecule has 0 bridgehead atoms. The quantitative estimate of drug-likeness (QED) is 0.459. The fourth-order valence-electron chi connectivity index (χ4n) is 5.40. The number of carbonyl (C=O) groups excluding carboxylic acids is 2. The number of hydrogen-bond donors (Lipinski definition) is 0. The van der Waals surface area contributed by atoms with Crippen LogP contribution in [-0.4, -0.2) is 85.5 Å². The number of halogens is 1. The van der Waals surface area contributed by atoms with Crippen molar-refractivity contribution in [3.8, 4) is 0 Å². The van der Waals surface area contributed by atoms with Crippen LogP contribution in [-0.2, 0) is 28.5 Å². The van der Waals surface area contributed by atoms with Gasteiger partial charge in [0.05, 0.1) is 18.6 Å². The van der Waals surface area contributed by atoms with Gasteiger partial charge in [-0.25, -0.2) is 9.18 Å². The van der Waals surface area contributed by atoms with Crippen molar-refractivity contribution < 1.29 is 32.9 Å². The molecule has 2 heterocycles. The van der Waals surface area contributed by atoms with E-state index in [4.69, 9.17) is 18.9 Å². The summed E-state index contributed by atoms with van der Waals surface area (Å²) in [6.45, 7) is 10.0. The fourth-order valence-corrected chi connectivity index (χ4v) is 5.40. The molecule has 34 heavy (non-hydrogen) atoms. The Hall–Kier alpha value is -1.29. The van der Waals surface area contributed by atoms with Crippen LogP contribution in [0.25, 0.3) is 0 Å². The molecule has 0 spiro atoms. The minimum atomic E-state index is -1.41. The van der Waals surface area contributed by atoms with Crippen molar-refractivity contribution in [2.45, 2.75) is 96.6 Å². The Balaban J connectivity index is 1.86. The first kappa shape index (κ1) is 27.3. The Morgan fingerprint density at radius 3 is 2.21 bits per heavy atom. The summed E-state index contributed by atoms with van der Waals surface area (Å²) in [6.07, 6.45) is 3.54. The zero-order valence-corrected chi connectivity index (χ0v) is 21.5. The summed E-state index contributed by atoms with van der Waals surface area (Å²) in [5.74, 6) is -2.48. The Morgan fingerprint density at radius 1 is 1.00 bits per heavy atom. The molecule has 196 valence electrons. The third kappa shape index (κ3) is 6.28. The van der Waals surface area contributed by atoms with Crippen molar-refractivity contribution in [3.05, 3.63) is 0 Å². The second kappa shape index (κ2) is 11.6. The van der Waals surface area contributed by atoms with Crippen LogP contribution in [0.15, 0.2) is 0 Å². The smallest absolute Gasteiger partial charge is 0.371 e. The van der Waals surface area contributed by atoms with Gasteiger partial charge in [0, 0.05) is 39.2 Å². The minimum Gasteiger partial charge on any atom is -0.466 e. The molecule has 0 aromatic carbocycles. The summed E-state index contributed by atoms with van der Waals surface area (Å²) in [4.78, 5) is 30.1. The van der Waals surface area contributed by atoms with E-state index in [1.807, 2.05) is 32.6 Å². The van der Waals surface area contributed by atoms with Crippen molar-refractivity contribution in [2.75, 3.05) is 39.9 Å². The van der Waals surface area contributed by atoms with Crippen LogP contribution in [0, 0.1) is 11.8 Å². The molecular weight excluding hydrogens is 443 g/mol. The number of alkyl halides is 1. The van der Waals surface area contributed by atoms with Crippen LogP contribution in [0.4, 0.5) is 4.39 Å². The molecule has 3 rings (SSSR count). The first-order valence-corrected chi connectivity index (χ1v) is 12.9. The Morgan fingerprint density at radius 2 is 1.65 bits per heavy atom. The SMILES string of the molecule is CCOC(=O)C1CCC(OC(C(=O)OC(C)(C)C)(N2CCCC2)N2CC[C@H](C(F)OC)C2)CC1. The van der Waals surface area contributed by atoms with Gasteiger partial charge in [0.2, 0.25) is 6.36 Å². The normalized spacial score (nSPS) is 29.5. The van der Waals surface area contributed by atoms with Crippen molar-refractivity contribution in [1.82, 2.24) is 9.80 Å². The average molecular weight is 487 g/mol. The lowest BCUT2D eigenvalue weighted by molar-refractivity contribution is -0.275. The second-order valence-corrected chi connectivity index (χ2v) is 10.7. The first-order chi connectivity index (χ1) is 16.1. The van der Waals surface area contributed by atoms with Crippen LogP contribution < -0.4 is 0 Å². The molecule has 1 aliphatic carbocycles. The van der Waals surface area contributed by atoms with E-state index in [1.165, 1.54) is 7.11 Å². The molecule has 0 aromatic heterocycles. The van der Waals surface area contributed by atoms with E-state index in [0.717, 1.165) is 12.8 Å². The predicted octanol–water partition coefficient (Wildman–Crippen LogP) is 3.48. The molecule has 2 aliphatic heterocycles. The maximum absolute atomic E-state index is 14.4. The van der Waals surface area contributed by atoms with E-state index in [9.17, 15) is 14.0 Å². The lowest BCUT2D eigenvalue weighted by atomic mass is 9.87. The van der Waals surface area contributed by atoms with Crippen LogP contribution in [0.5, 0.6) is 0 Å². The number of hydrogen-bond acceptors (Lipinski definition) is 8. The Labute approximate surface area is 203 Å². The van der Waals surface area contributed by atoms with Gasteiger partial charge in [-0.15, -0.1) is 0 Å². The summed E-state index contributed by atoms with van der Waals surface area (Å²) in [7, 11) is 1.37. The highest BCUT2D eigenvalue weighted by Crippen LogP contribution is 2.39. The number of carbonyl (C=O) groups is 2. The lowest BCUT2D eigenvalue weighted by Gasteiger charge is -2.48. The number of methoxy groups -OCH3 is 1. The number of ether oxygens (including phenoxy) is 4. The number of esters is 2. The van der Waals surface area contributed by atoms with Gasteiger partial charge in [0.1, 0.15) is 5.60 Å². The maximum Gasteiger partial charge on any atom is 0.371 e. The van der Waals surface area contributed by atoms with Crippen molar-refractivity contribution in [1.29, 1.82) is 0 Å². The van der Waals surface area contributed by atoms with E-state index in [-0.39, 0.29) is 23.9 Å². The largest absolute Gasteiger partial charge is 0.466 e. The molecule has 1 saturated carbocycles. The van der Waals surface area contributed by atoms with Crippen molar-refractivity contribution in [3.63, 3.8) is 0 Å². The molecule has 8 nitrogen and oxygen atoms in total. The average Bonchev–Trinajstić information content (AvgIpc) is 3.49. The number of nitrogens with zero attached hydrogens (tertiary/aromatic N) is 2. The van der Waals surface area contributed by atoms with Gasteiger partial charge in [-0.3, -0.25) is 14.6 Å². The summed E-state index contributed by atoms with van der Waals surface area (Å²) in [5.41, 5.74) is -0.693. The predicted molar refractivity (Wildman–Crippen MR) is 124 cm³/mol. The van der Waals surface area contributed by atoms with Crippen LogP contribution >= 0.6 is 0 Å². The van der Waals surface area contributed by atoms with Crippen LogP contribution in [0.2, 0.25) is 0 Å². The molecule has 3 atom stereocenters. The number of likely N-dealkylation sites (tertiary alicyclic amines) is 2. The molecular formula is C25H43FN2O6. The van der Waals surface area contributed by atoms with E-state index >= 15 is 0 Å². The van der Waals surface area contributed by atoms with Gasteiger partial charge in [-0.1, -0.05) is 0 Å². The summed E-state index contributed by atoms with van der Waals surface area (Å²) in [6, 6.07) is 0. The highest BCUT2D eigenvalue weighted by atomic mass is 19.1. The van der Waals surface area contributed by atoms with Gasteiger partial charge in [0.25, 0.3) is 5.85 Å². The zero-order chi connectivity index (χ0) is 24.9. The van der Waals surface area contributed by atoms with Gasteiger partial charge in [-0.2, -0.15) is 0 Å².